The second-order valence-corrected chi connectivity index (χ2v) is 6.83. The number of benzene rings is 1. The summed E-state index contributed by atoms with van der Waals surface area (Å²) < 4.78 is 0.786. The van der Waals surface area contributed by atoms with Crippen LogP contribution < -0.4 is 4.90 Å². The van der Waals surface area contributed by atoms with Gasteiger partial charge in [0.2, 0.25) is 0 Å². The third-order valence-electron chi connectivity index (χ3n) is 4.03. The maximum absolute atomic E-state index is 12.7. The first-order valence-corrected chi connectivity index (χ1v) is 8.53. The number of hydrogen-bond donors (Lipinski definition) is 1. The summed E-state index contributed by atoms with van der Waals surface area (Å²) in [6, 6.07) is 5.42. The number of ketones is 1. The minimum absolute atomic E-state index is 0.180. The number of carbonyl (C=O) groups excluding carboxylic acids is 2. The van der Waals surface area contributed by atoms with Crippen molar-refractivity contribution in [1.29, 1.82) is 0 Å². The summed E-state index contributed by atoms with van der Waals surface area (Å²) in [6.45, 7) is 4.11. The van der Waals surface area contributed by atoms with Gasteiger partial charge < -0.3 is 10.0 Å². The number of carbonyl (C=O) groups is 2. The lowest BCUT2D eigenvalue weighted by Crippen LogP contribution is -2.41. The van der Waals surface area contributed by atoms with Crippen molar-refractivity contribution in [2.24, 2.45) is 0 Å². The Morgan fingerprint density at radius 3 is 2.68 bits per heavy atom. The van der Waals surface area contributed by atoms with Crippen LogP contribution in [0.1, 0.15) is 51.5 Å². The number of rotatable bonds is 7. The minimum atomic E-state index is -1.73. The van der Waals surface area contributed by atoms with E-state index in [1.165, 1.54) is 6.92 Å². The Balaban J connectivity index is 2.31. The summed E-state index contributed by atoms with van der Waals surface area (Å²) in [4.78, 5) is 25.8. The Morgan fingerprint density at radius 1 is 1.32 bits per heavy atom. The first kappa shape index (κ1) is 17.2. The molecule has 0 spiro atoms. The third kappa shape index (κ3) is 3.25. The van der Waals surface area contributed by atoms with E-state index in [-0.39, 0.29) is 18.1 Å². The summed E-state index contributed by atoms with van der Waals surface area (Å²) in [7, 11) is 0. The fourth-order valence-electron chi connectivity index (χ4n) is 2.97. The number of halogens is 1. The van der Waals surface area contributed by atoms with E-state index in [1.807, 2.05) is 12.1 Å². The van der Waals surface area contributed by atoms with Crippen molar-refractivity contribution in [3.05, 3.63) is 28.2 Å². The average Bonchev–Trinajstić information content (AvgIpc) is 2.64. The number of amides is 1. The molecule has 0 fully saturated rings. The van der Waals surface area contributed by atoms with E-state index in [9.17, 15) is 14.7 Å². The van der Waals surface area contributed by atoms with E-state index in [0.717, 1.165) is 30.2 Å². The standard InChI is InChI=1S/C17H22BrNO3/c1-3-4-5-6-9-19-15-8-7-13(18)10-14(15)17(22,16(19)21)11-12(2)20/h7-8,10,22H,3-6,9,11H2,1-2H3. The van der Waals surface area contributed by atoms with Crippen LogP contribution in [0.4, 0.5) is 5.69 Å². The monoisotopic (exact) mass is 367 g/mol. The minimum Gasteiger partial charge on any atom is -0.375 e. The molecule has 0 bridgehead atoms. The summed E-state index contributed by atoms with van der Waals surface area (Å²) in [5.74, 6) is -0.582. The van der Waals surface area contributed by atoms with Crippen molar-refractivity contribution < 1.29 is 14.7 Å². The molecule has 1 amide bonds. The van der Waals surface area contributed by atoms with E-state index >= 15 is 0 Å². The molecule has 2 rings (SSSR count). The molecular formula is C17H22BrNO3. The van der Waals surface area contributed by atoms with Crippen LogP contribution in [-0.2, 0) is 15.2 Å². The fourth-order valence-corrected chi connectivity index (χ4v) is 3.33. The smallest absolute Gasteiger partial charge is 0.264 e. The SMILES string of the molecule is CCCCCCN1C(=O)C(O)(CC(C)=O)c2cc(Br)ccc21. The van der Waals surface area contributed by atoms with E-state index < -0.39 is 5.60 Å². The maximum Gasteiger partial charge on any atom is 0.264 e. The van der Waals surface area contributed by atoms with Crippen molar-refractivity contribution in [3.8, 4) is 0 Å². The third-order valence-corrected chi connectivity index (χ3v) is 4.53. The van der Waals surface area contributed by atoms with E-state index in [2.05, 4.69) is 22.9 Å². The fraction of sp³-hybridized carbons (Fsp3) is 0.529. The summed E-state index contributed by atoms with van der Waals surface area (Å²) >= 11 is 3.37. The maximum atomic E-state index is 12.7. The molecule has 1 heterocycles. The number of hydrogen-bond acceptors (Lipinski definition) is 3. The molecule has 1 aliphatic rings. The van der Waals surface area contributed by atoms with E-state index in [4.69, 9.17) is 0 Å². The molecular weight excluding hydrogens is 346 g/mol. The molecule has 22 heavy (non-hydrogen) atoms. The highest BCUT2D eigenvalue weighted by atomic mass is 79.9. The Kier molecular flexibility index (Phi) is 5.40. The van der Waals surface area contributed by atoms with Gasteiger partial charge in [0.25, 0.3) is 5.91 Å². The van der Waals surface area contributed by atoms with Gasteiger partial charge in [-0.15, -0.1) is 0 Å². The van der Waals surface area contributed by atoms with Crippen LogP contribution in [0.25, 0.3) is 0 Å². The zero-order valence-electron chi connectivity index (χ0n) is 13.1. The zero-order chi connectivity index (χ0) is 16.3. The van der Waals surface area contributed by atoms with Gasteiger partial charge in [-0.25, -0.2) is 0 Å². The molecule has 1 aromatic rings. The van der Waals surface area contributed by atoms with Crippen LogP contribution in [0.5, 0.6) is 0 Å². The van der Waals surface area contributed by atoms with Gasteiger partial charge >= 0.3 is 0 Å². The predicted octanol–water partition coefficient (Wildman–Crippen LogP) is 3.54. The number of fused-ring (bicyclic) bond motifs is 1. The molecule has 5 heteroatoms. The second-order valence-electron chi connectivity index (χ2n) is 5.92. The first-order chi connectivity index (χ1) is 10.4. The lowest BCUT2D eigenvalue weighted by Gasteiger charge is -2.22. The van der Waals surface area contributed by atoms with Crippen molar-refractivity contribution in [1.82, 2.24) is 0 Å². The quantitative estimate of drug-likeness (QED) is 0.749. The van der Waals surface area contributed by atoms with Crippen LogP contribution in [0.15, 0.2) is 22.7 Å². The highest BCUT2D eigenvalue weighted by Crippen LogP contribution is 2.43. The van der Waals surface area contributed by atoms with E-state index in [1.54, 1.807) is 11.0 Å². The predicted molar refractivity (Wildman–Crippen MR) is 89.8 cm³/mol. The molecule has 1 aliphatic heterocycles. The molecule has 1 atom stereocenters. The van der Waals surface area contributed by atoms with Gasteiger partial charge in [0.15, 0.2) is 5.60 Å². The summed E-state index contributed by atoms with van der Waals surface area (Å²) in [6.07, 6.45) is 4.03. The first-order valence-electron chi connectivity index (χ1n) is 7.74. The van der Waals surface area contributed by atoms with Gasteiger partial charge in [-0.05, 0) is 31.5 Å². The van der Waals surface area contributed by atoms with Crippen molar-refractivity contribution in [2.45, 2.75) is 51.6 Å². The molecule has 0 aromatic heterocycles. The van der Waals surface area contributed by atoms with Crippen molar-refractivity contribution >= 4 is 33.3 Å². The summed E-state index contributed by atoms with van der Waals surface area (Å²) in [5, 5.41) is 10.8. The number of Topliss-reactive ketones (excluding diaryl/α,β-unsaturated/α-hetero) is 1. The topological polar surface area (TPSA) is 57.6 Å². The van der Waals surface area contributed by atoms with Crippen LogP contribution in [0, 0.1) is 0 Å². The van der Waals surface area contributed by atoms with Crippen LogP contribution in [-0.4, -0.2) is 23.3 Å². The lowest BCUT2D eigenvalue weighted by molar-refractivity contribution is -0.141. The summed E-state index contributed by atoms with van der Waals surface area (Å²) in [5.41, 5.74) is -0.485. The Bertz CT molecular complexity index is 587. The largest absolute Gasteiger partial charge is 0.375 e. The molecule has 0 saturated carbocycles. The molecule has 4 nitrogen and oxygen atoms in total. The normalized spacial score (nSPS) is 20.4. The van der Waals surface area contributed by atoms with Gasteiger partial charge in [-0.2, -0.15) is 0 Å². The molecule has 1 N–H and O–H groups in total. The van der Waals surface area contributed by atoms with Gasteiger partial charge in [0.05, 0.1) is 5.69 Å². The molecule has 120 valence electrons. The van der Waals surface area contributed by atoms with Gasteiger partial charge in [0.1, 0.15) is 5.78 Å². The molecule has 0 aliphatic carbocycles. The van der Waals surface area contributed by atoms with Crippen molar-refractivity contribution in [3.63, 3.8) is 0 Å². The van der Waals surface area contributed by atoms with Crippen LogP contribution in [0.3, 0.4) is 0 Å². The Morgan fingerprint density at radius 2 is 2.05 bits per heavy atom. The number of aliphatic hydroxyl groups is 1. The molecule has 1 aromatic carbocycles. The number of unbranched alkanes of at least 4 members (excludes halogenated alkanes) is 3. The highest BCUT2D eigenvalue weighted by molar-refractivity contribution is 9.10. The number of anilines is 1. The molecule has 1 unspecified atom stereocenters. The lowest BCUT2D eigenvalue weighted by atomic mass is 9.90. The highest BCUT2D eigenvalue weighted by Gasteiger charge is 2.50. The van der Waals surface area contributed by atoms with Gasteiger partial charge in [0, 0.05) is 23.0 Å². The second kappa shape index (κ2) is 6.92. The Labute approximate surface area is 139 Å². The van der Waals surface area contributed by atoms with Crippen LogP contribution >= 0.6 is 15.9 Å². The number of nitrogens with zero attached hydrogens (tertiary/aromatic N) is 1. The molecule has 0 saturated heterocycles. The van der Waals surface area contributed by atoms with Gasteiger partial charge in [-0.1, -0.05) is 42.1 Å². The van der Waals surface area contributed by atoms with Gasteiger partial charge in [-0.3, -0.25) is 9.59 Å². The molecule has 0 radical (unpaired) electrons. The van der Waals surface area contributed by atoms with Crippen molar-refractivity contribution in [2.75, 3.05) is 11.4 Å². The van der Waals surface area contributed by atoms with Crippen LogP contribution in [0.2, 0.25) is 0 Å². The Hall–Kier alpha value is -1.20. The average molecular weight is 368 g/mol. The van der Waals surface area contributed by atoms with E-state index in [0.29, 0.717) is 17.8 Å². The zero-order valence-corrected chi connectivity index (χ0v) is 14.6.